The Labute approximate surface area is 183 Å². The normalized spacial score (nSPS) is 12.4. The van der Waals surface area contributed by atoms with E-state index in [9.17, 15) is 4.79 Å². The fourth-order valence-corrected chi connectivity index (χ4v) is 3.59. The van der Waals surface area contributed by atoms with E-state index in [0.717, 1.165) is 36.9 Å². The summed E-state index contributed by atoms with van der Waals surface area (Å²) in [7, 11) is 0. The lowest BCUT2D eigenvalue weighted by Crippen LogP contribution is -2.22. The maximum Gasteiger partial charge on any atom is 0.150 e. The summed E-state index contributed by atoms with van der Waals surface area (Å²) < 4.78 is 5.77. The van der Waals surface area contributed by atoms with Gasteiger partial charge in [-0.05, 0) is 71.9 Å². The Morgan fingerprint density at radius 3 is 2.03 bits per heavy atom. The predicted octanol–water partition coefficient (Wildman–Crippen LogP) is 7.83. The Kier molecular flexibility index (Phi) is 8.06. The monoisotopic (exact) mass is 406 g/mol. The summed E-state index contributed by atoms with van der Waals surface area (Å²) in [5.74, 6) is 0.802. The minimum Gasteiger partial charge on any atom is -0.493 e. The largest absolute Gasteiger partial charge is 0.493 e. The molecular formula is C28H38O2. The van der Waals surface area contributed by atoms with Gasteiger partial charge in [0, 0.05) is 11.1 Å². The van der Waals surface area contributed by atoms with Crippen LogP contribution in [0.4, 0.5) is 0 Å². The van der Waals surface area contributed by atoms with Crippen molar-refractivity contribution in [2.24, 2.45) is 0 Å². The van der Waals surface area contributed by atoms with E-state index in [-0.39, 0.29) is 10.8 Å². The Hall–Kier alpha value is -2.35. The Balaban J connectivity index is 2.58. The third-order valence-corrected chi connectivity index (χ3v) is 6.80. The zero-order chi connectivity index (χ0) is 22.4. The fraction of sp³-hybridized carbons (Fsp3) is 0.464. The number of aldehydes is 1. The minimum absolute atomic E-state index is 0.120. The quantitative estimate of drug-likeness (QED) is 0.297. The van der Waals surface area contributed by atoms with Gasteiger partial charge in [0.2, 0.25) is 0 Å². The summed E-state index contributed by atoms with van der Waals surface area (Å²) in [6.07, 6.45) is 8.40. The van der Waals surface area contributed by atoms with Crippen molar-refractivity contribution in [3.63, 3.8) is 0 Å². The third kappa shape index (κ3) is 5.41. The maximum atomic E-state index is 11.2. The van der Waals surface area contributed by atoms with Gasteiger partial charge in [-0.3, -0.25) is 4.79 Å². The van der Waals surface area contributed by atoms with Crippen molar-refractivity contribution >= 4 is 18.4 Å². The average molecular weight is 407 g/mol. The van der Waals surface area contributed by atoms with Gasteiger partial charge >= 0.3 is 0 Å². The number of hydrogen-bond donors (Lipinski definition) is 0. The lowest BCUT2D eigenvalue weighted by molar-refractivity contribution is 0.112. The van der Waals surface area contributed by atoms with Crippen molar-refractivity contribution in [3.8, 4) is 5.75 Å². The molecule has 0 amide bonds. The first-order valence-electron chi connectivity index (χ1n) is 11.3. The Morgan fingerprint density at radius 1 is 0.800 bits per heavy atom. The summed E-state index contributed by atoms with van der Waals surface area (Å²) in [6.45, 7) is 16.4. The molecule has 2 heteroatoms. The predicted molar refractivity (Wildman–Crippen MR) is 130 cm³/mol. The highest BCUT2D eigenvalue weighted by Crippen LogP contribution is 2.36. The lowest BCUT2D eigenvalue weighted by Gasteiger charge is -2.31. The maximum absolute atomic E-state index is 11.2. The SMILES string of the molecule is CCOc1ccc(C=O)cc1C=Cc1cc(C(C)(C)CC)cc(C(C)(CC)CC)c1. The van der Waals surface area contributed by atoms with E-state index in [0.29, 0.717) is 12.2 Å². The molecule has 0 spiro atoms. The molecule has 2 aromatic carbocycles. The molecule has 0 N–H and O–H groups in total. The van der Waals surface area contributed by atoms with Crippen molar-refractivity contribution in [3.05, 3.63) is 64.2 Å². The second kappa shape index (κ2) is 10.1. The molecule has 0 aliphatic rings. The van der Waals surface area contributed by atoms with E-state index in [2.05, 4.69) is 71.9 Å². The zero-order valence-electron chi connectivity index (χ0n) is 19.8. The van der Waals surface area contributed by atoms with E-state index >= 15 is 0 Å². The smallest absolute Gasteiger partial charge is 0.150 e. The van der Waals surface area contributed by atoms with Crippen LogP contribution in [-0.2, 0) is 10.8 Å². The summed E-state index contributed by atoms with van der Waals surface area (Å²) in [6, 6.07) is 12.6. The molecule has 0 saturated heterocycles. The highest BCUT2D eigenvalue weighted by atomic mass is 16.5. The van der Waals surface area contributed by atoms with Gasteiger partial charge in [0.05, 0.1) is 6.61 Å². The number of carbonyl (C=O) groups excluding carboxylic acids is 1. The topological polar surface area (TPSA) is 26.3 Å². The van der Waals surface area contributed by atoms with Crippen molar-refractivity contribution in [2.45, 2.75) is 78.6 Å². The van der Waals surface area contributed by atoms with Crippen LogP contribution in [0.15, 0.2) is 36.4 Å². The van der Waals surface area contributed by atoms with Crippen molar-refractivity contribution in [1.82, 2.24) is 0 Å². The first-order chi connectivity index (χ1) is 14.2. The molecule has 0 aliphatic carbocycles. The van der Waals surface area contributed by atoms with Crippen LogP contribution in [0, 0.1) is 0 Å². The number of rotatable bonds is 10. The number of ether oxygens (including phenoxy) is 1. The first kappa shape index (κ1) is 23.9. The molecule has 0 aromatic heterocycles. The number of hydrogen-bond acceptors (Lipinski definition) is 2. The van der Waals surface area contributed by atoms with E-state index < -0.39 is 0 Å². The van der Waals surface area contributed by atoms with Gasteiger partial charge < -0.3 is 4.74 Å². The van der Waals surface area contributed by atoms with Gasteiger partial charge in [0.25, 0.3) is 0 Å². The van der Waals surface area contributed by atoms with Gasteiger partial charge in [-0.1, -0.05) is 71.9 Å². The van der Waals surface area contributed by atoms with E-state index in [1.807, 2.05) is 19.1 Å². The molecular weight excluding hydrogens is 368 g/mol. The van der Waals surface area contributed by atoms with Crippen LogP contribution >= 0.6 is 0 Å². The molecule has 0 saturated carbocycles. The number of benzene rings is 2. The molecule has 2 rings (SSSR count). The van der Waals surface area contributed by atoms with Crippen LogP contribution in [0.2, 0.25) is 0 Å². The molecule has 0 aliphatic heterocycles. The molecule has 2 nitrogen and oxygen atoms in total. The van der Waals surface area contributed by atoms with Crippen LogP contribution in [0.3, 0.4) is 0 Å². The molecule has 0 heterocycles. The van der Waals surface area contributed by atoms with Gasteiger partial charge in [-0.15, -0.1) is 0 Å². The van der Waals surface area contributed by atoms with Gasteiger partial charge in [-0.2, -0.15) is 0 Å². The molecule has 2 aromatic rings. The summed E-state index contributed by atoms with van der Waals surface area (Å²) >= 11 is 0. The third-order valence-electron chi connectivity index (χ3n) is 6.80. The van der Waals surface area contributed by atoms with Crippen molar-refractivity contribution < 1.29 is 9.53 Å². The van der Waals surface area contributed by atoms with Crippen LogP contribution < -0.4 is 4.74 Å². The second-order valence-corrected chi connectivity index (χ2v) is 9.03. The highest BCUT2D eigenvalue weighted by Gasteiger charge is 2.26. The summed E-state index contributed by atoms with van der Waals surface area (Å²) in [5.41, 5.74) is 5.84. The van der Waals surface area contributed by atoms with Gasteiger partial charge in [0.1, 0.15) is 12.0 Å². The lowest BCUT2D eigenvalue weighted by atomic mass is 9.73. The van der Waals surface area contributed by atoms with E-state index in [4.69, 9.17) is 4.74 Å². The Morgan fingerprint density at radius 2 is 1.47 bits per heavy atom. The van der Waals surface area contributed by atoms with Gasteiger partial charge in [-0.25, -0.2) is 0 Å². The minimum atomic E-state index is 0.120. The Bertz CT molecular complexity index is 886. The standard InChI is InChI=1S/C28H38O2/c1-8-27(5,6)24-17-21(18-25(19-24)28(7,9-2)10-3)12-14-23-16-22(20-29)13-15-26(23)30-11-4/h12-20H,8-11H2,1-7H3. The molecule has 0 fully saturated rings. The molecule has 0 radical (unpaired) electrons. The van der Waals surface area contributed by atoms with E-state index in [1.165, 1.54) is 16.7 Å². The van der Waals surface area contributed by atoms with Crippen LogP contribution in [-0.4, -0.2) is 12.9 Å². The molecule has 0 atom stereocenters. The molecule has 0 unspecified atom stereocenters. The van der Waals surface area contributed by atoms with E-state index in [1.54, 1.807) is 6.07 Å². The highest BCUT2D eigenvalue weighted by molar-refractivity contribution is 5.80. The second-order valence-electron chi connectivity index (χ2n) is 9.03. The molecule has 30 heavy (non-hydrogen) atoms. The molecule has 162 valence electrons. The number of carbonyl (C=O) groups is 1. The van der Waals surface area contributed by atoms with Crippen LogP contribution in [0.5, 0.6) is 5.75 Å². The average Bonchev–Trinajstić information content (AvgIpc) is 2.77. The van der Waals surface area contributed by atoms with Crippen LogP contribution in [0.1, 0.15) is 100 Å². The summed E-state index contributed by atoms with van der Waals surface area (Å²) in [5, 5.41) is 0. The fourth-order valence-electron chi connectivity index (χ4n) is 3.59. The zero-order valence-corrected chi connectivity index (χ0v) is 19.8. The van der Waals surface area contributed by atoms with Crippen molar-refractivity contribution in [1.29, 1.82) is 0 Å². The van der Waals surface area contributed by atoms with Gasteiger partial charge in [0.15, 0.2) is 0 Å². The first-order valence-corrected chi connectivity index (χ1v) is 11.3. The molecule has 0 bridgehead atoms. The summed E-state index contributed by atoms with van der Waals surface area (Å²) in [4.78, 5) is 11.2. The van der Waals surface area contributed by atoms with Crippen LogP contribution in [0.25, 0.3) is 12.2 Å². The van der Waals surface area contributed by atoms with Crippen molar-refractivity contribution in [2.75, 3.05) is 6.61 Å².